The van der Waals surface area contributed by atoms with Crippen molar-refractivity contribution < 1.29 is 9.18 Å². The maximum Gasteiger partial charge on any atom is 0.268 e. The first-order chi connectivity index (χ1) is 13.6. The molecule has 0 saturated heterocycles. The van der Waals surface area contributed by atoms with E-state index in [2.05, 4.69) is 20.2 Å². The Kier molecular flexibility index (Phi) is 3.73. The molecule has 2 aromatic carbocycles. The first kappa shape index (κ1) is 16.6. The summed E-state index contributed by atoms with van der Waals surface area (Å²) in [6.45, 7) is 0. The lowest BCUT2D eigenvalue weighted by molar-refractivity contribution is 0.0996. The number of nitrogens with one attached hydrogen (secondary N) is 2. The van der Waals surface area contributed by atoms with Gasteiger partial charge in [0.05, 0.1) is 15.9 Å². The van der Waals surface area contributed by atoms with E-state index in [1.165, 1.54) is 11.3 Å². The van der Waals surface area contributed by atoms with E-state index >= 15 is 0 Å². The fourth-order valence-electron chi connectivity index (χ4n) is 3.49. The molecule has 5 rings (SSSR count). The predicted octanol–water partition coefficient (Wildman–Crippen LogP) is 4.00. The fraction of sp³-hybridized carbons (Fsp3) is 0.0500. The number of carbonyl (C=O) groups is 1. The van der Waals surface area contributed by atoms with Gasteiger partial charge in [-0.25, -0.2) is 4.98 Å². The number of carbonyl (C=O) groups excluding carboxylic acids is 1. The van der Waals surface area contributed by atoms with Gasteiger partial charge in [-0.05, 0) is 41.0 Å². The highest BCUT2D eigenvalue weighted by Gasteiger charge is 2.16. The SMILES string of the molecule is NC(=O)c1csc(Cc2cc(-c3cccc4[nH]ccc34)cc3n[nH]c(F)c23)n1. The number of amides is 1. The minimum Gasteiger partial charge on any atom is -0.364 e. The second kappa shape index (κ2) is 6.28. The number of halogens is 1. The van der Waals surface area contributed by atoms with E-state index in [4.69, 9.17) is 5.73 Å². The van der Waals surface area contributed by atoms with Crippen LogP contribution >= 0.6 is 11.3 Å². The molecule has 0 fully saturated rings. The molecule has 0 unspecified atom stereocenters. The molecule has 4 N–H and O–H groups in total. The van der Waals surface area contributed by atoms with Crippen molar-refractivity contribution in [2.45, 2.75) is 6.42 Å². The number of thiazole rings is 1. The van der Waals surface area contributed by atoms with Gasteiger partial charge >= 0.3 is 0 Å². The summed E-state index contributed by atoms with van der Waals surface area (Å²) < 4.78 is 14.4. The van der Waals surface area contributed by atoms with Gasteiger partial charge in [-0.15, -0.1) is 11.3 Å². The Morgan fingerprint density at radius 2 is 2.14 bits per heavy atom. The third-order valence-corrected chi connectivity index (χ3v) is 5.59. The van der Waals surface area contributed by atoms with Crippen LogP contribution in [0.1, 0.15) is 21.1 Å². The van der Waals surface area contributed by atoms with Crippen molar-refractivity contribution in [1.82, 2.24) is 20.2 Å². The second-order valence-corrected chi connectivity index (χ2v) is 7.42. The van der Waals surface area contributed by atoms with Crippen molar-refractivity contribution in [3.8, 4) is 11.1 Å². The quantitative estimate of drug-likeness (QED) is 0.432. The lowest BCUT2D eigenvalue weighted by Gasteiger charge is -2.08. The van der Waals surface area contributed by atoms with Crippen molar-refractivity contribution in [3.63, 3.8) is 0 Å². The first-order valence-electron chi connectivity index (χ1n) is 8.57. The molecule has 3 heterocycles. The van der Waals surface area contributed by atoms with Gasteiger partial charge in [0.15, 0.2) is 0 Å². The van der Waals surface area contributed by atoms with Crippen LogP contribution in [0.3, 0.4) is 0 Å². The largest absolute Gasteiger partial charge is 0.364 e. The van der Waals surface area contributed by atoms with Crippen molar-refractivity contribution in [2.24, 2.45) is 5.73 Å². The average Bonchev–Trinajstić information content (AvgIpc) is 3.41. The van der Waals surface area contributed by atoms with E-state index < -0.39 is 11.9 Å². The maximum atomic E-state index is 14.4. The summed E-state index contributed by atoms with van der Waals surface area (Å²) in [5.74, 6) is -1.06. The highest BCUT2D eigenvalue weighted by Crippen LogP contribution is 2.33. The Balaban J connectivity index is 1.68. The smallest absolute Gasteiger partial charge is 0.268 e. The van der Waals surface area contributed by atoms with E-state index in [1.807, 2.05) is 42.6 Å². The predicted molar refractivity (Wildman–Crippen MR) is 107 cm³/mol. The Bertz CT molecular complexity index is 1350. The molecule has 3 aromatic heterocycles. The summed E-state index contributed by atoms with van der Waals surface area (Å²) in [5, 5.41) is 10.3. The van der Waals surface area contributed by atoms with E-state index in [0.717, 1.165) is 27.6 Å². The van der Waals surface area contributed by atoms with E-state index in [-0.39, 0.29) is 5.69 Å². The van der Waals surface area contributed by atoms with Crippen molar-refractivity contribution >= 4 is 39.0 Å². The number of H-pyrrole nitrogens is 2. The van der Waals surface area contributed by atoms with Gasteiger partial charge in [0.1, 0.15) is 5.69 Å². The van der Waals surface area contributed by atoms with E-state index in [1.54, 1.807) is 5.38 Å². The van der Waals surface area contributed by atoms with E-state index in [0.29, 0.717) is 22.3 Å². The second-order valence-electron chi connectivity index (χ2n) is 6.48. The lowest BCUT2D eigenvalue weighted by Crippen LogP contribution is -2.11. The summed E-state index contributed by atoms with van der Waals surface area (Å²) in [7, 11) is 0. The normalized spacial score (nSPS) is 11.5. The standard InChI is InChI=1S/C20H14FN5OS/c21-19-18-11(8-17-24-16(9-28-17)20(22)27)6-10(7-15(18)25-26-19)12-2-1-3-14-13(12)4-5-23-14/h1-7,9,23H,8H2,(H2,22,27)(H,25,26). The average molecular weight is 391 g/mol. The monoisotopic (exact) mass is 391 g/mol. The molecule has 6 nitrogen and oxygen atoms in total. The number of benzene rings is 2. The number of nitrogens with two attached hydrogens (primary N) is 1. The molecule has 0 spiro atoms. The van der Waals surface area contributed by atoms with Crippen molar-refractivity contribution in [2.75, 3.05) is 0 Å². The zero-order valence-electron chi connectivity index (χ0n) is 14.5. The molecule has 138 valence electrons. The fourth-order valence-corrected chi connectivity index (χ4v) is 4.30. The summed E-state index contributed by atoms with van der Waals surface area (Å²) >= 11 is 1.33. The molecule has 28 heavy (non-hydrogen) atoms. The molecule has 1 amide bonds. The van der Waals surface area contributed by atoms with Crippen LogP contribution in [0, 0.1) is 5.95 Å². The number of hydrogen-bond acceptors (Lipinski definition) is 4. The number of aromatic nitrogens is 4. The van der Waals surface area contributed by atoms with Gasteiger partial charge in [-0.1, -0.05) is 12.1 Å². The third kappa shape index (κ3) is 2.66. The van der Waals surface area contributed by atoms with E-state index in [9.17, 15) is 9.18 Å². The maximum absolute atomic E-state index is 14.4. The van der Waals surface area contributed by atoms with Crippen LogP contribution in [-0.2, 0) is 6.42 Å². The first-order valence-corrected chi connectivity index (χ1v) is 9.45. The van der Waals surface area contributed by atoms with Gasteiger partial charge < -0.3 is 10.7 Å². The zero-order chi connectivity index (χ0) is 19.3. The molecule has 8 heteroatoms. The summed E-state index contributed by atoms with van der Waals surface area (Å²) in [5.41, 5.74) is 9.79. The Morgan fingerprint density at radius 1 is 1.25 bits per heavy atom. The molecule has 5 aromatic rings. The molecule has 0 aliphatic heterocycles. The van der Waals surface area contributed by atoms with Gasteiger partial charge in [0.25, 0.3) is 5.91 Å². The summed E-state index contributed by atoms with van der Waals surface area (Å²) in [6, 6.07) is 11.8. The summed E-state index contributed by atoms with van der Waals surface area (Å²) in [4.78, 5) is 18.8. The number of primary amides is 1. The van der Waals surface area contributed by atoms with Gasteiger partial charge in [0, 0.05) is 28.9 Å². The van der Waals surface area contributed by atoms with Gasteiger partial charge in [-0.2, -0.15) is 9.49 Å². The van der Waals surface area contributed by atoms with Crippen LogP contribution in [0.5, 0.6) is 0 Å². The van der Waals surface area contributed by atoms with Crippen LogP contribution in [0.4, 0.5) is 4.39 Å². The van der Waals surface area contributed by atoms with Crippen LogP contribution in [0.2, 0.25) is 0 Å². The molecule has 0 radical (unpaired) electrons. The summed E-state index contributed by atoms with van der Waals surface area (Å²) in [6.07, 6.45) is 2.27. The molecular weight excluding hydrogens is 377 g/mol. The molecule has 0 aliphatic carbocycles. The number of rotatable bonds is 4. The Hall–Kier alpha value is -3.52. The lowest BCUT2D eigenvalue weighted by atomic mass is 9.96. The topological polar surface area (TPSA) is 100 Å². The number of nitrogens with zero attached hydrogens (tertiary/aromatic N) is 2. The van der Waals surface area contributed by atoms with Gasteiger partial charge in [-0.3, -0.25) is 9.89 Å². The Labute approximate surface area is 162 Å². The van der Waals surface area contributed by atoms with Crippen LogP contribution in [-0.4, -0.2) is 26.1 Å². The van der Waals surface area contributed by atoms with Gasteiger partial charge in [0.2, 0.25) is 5.95 Å². The van der Waals surface area contributed by atoms with Crippen LogP contribution in [0.25, 0.3) is 32.9 Å². The third-order valence-electron chi connectivity index (χ3n) is 4.75. The van der Waals surface area contributed by atoms with Crippen LogP contribution < -0.4 is 5.73 Å². The molecule has 0 atom stereocenters. The number of fused-ring (bicyclic) bond motifs is 2. The minimum absolute atomic E-state index is 0.220. The Morgan fingerprint density at radius 3 is 2.96 bits per heavy atom. The highest BCUT2D eigenvalue weighted by atomic mass is 32.1. The van der Waals surface area contributed by atoms with Crippen LogP contribution in [0.15, 0.2) is 48.0 Å². The molecule has 0 saturated carbocycles. The minimum atomic E-state index is -0.574. The van der Waals surface area contributed by atoms with Crippen molar-refractivity contribution in [3.05, 3.63) is 70.2 Å². The van der Waals surface area contributed by atoms with Crippen molar-refractivity contribution in [1.29, 1.82) is 0 Å². The molecule has 0 bridgehead atoms. The molecule has 0 aliphatic rings. The number of hydrogen-bond donors (Lipinski definition) is 3. The number of aromatic amines is 2. The zero-order valence-corrected chi connectivity index (χ0v) is 15.3. The molecular formula is C20H14FN5OS. The highest BCUT2D eigenvalue weighted by molar-refractivity contribution is 7.09.